The van der Waals surface area contributed by atoms with Crippen molar-refractivity contribution in [2.75, 3.05) is 26.2 Å². The van der Waals surface area contributed by atoms with Gasteiger partial charge in [0.05, 0.1) is 11.8 Å². The summed E-state index contributed by atoms with van der Waals surface area (Å²) in [4.78, 5) is 13.8. The molecule has 7 heteroatoms. The van der Waals surface area contributed by atoms with Crippen molar-refractivity contribution in [2.45, 2.75) is 31.6 Å². The summed E-state index contributed by atoms with van der Waals surface area (Å²) in [6.07, 6.45) is 1.52. The van der Waals surface area contributed by atoms with Crippen LogP contribution in [0.4, 0.5) is 0 Å². The van der Waals surface area contributed by atoms with Crippen molar-refractivity contribution in [3.05, 3.63) is 35.9 Å². The van der Waals surface area contributed by atoms with E-state index >= 15 is 0 Å². The molecule has 0 radical (unpaired) electrons. The van der Waals surface area contributed by atoms with Crippen LogP contribution < -0.4 is 5.73 Å². The molecule has 0 aliphatic carbocycles. The van der Waals surface area contributed by atoms with Gasteiger partial charge in [-0.15, -0.1) is 0 Å². The second-order valence-electron chi connectivity index (χ2n) is 5.86. The topological polar surface area (TPSA) is 83.7 Å². The Bertz CT molecular complexity index is 611. The summed E-state index contributed by atoms with van der Waals surface area (Å²) in [7, 11) is -3.35. The minimum absolute atomic E-state index is 0.00284. The third kappa shape index (κ3) is 4.76. The molecule has 128 valence electrons. The van der Waals surface area contributed by atoms with E-state index in [-0.39, 0.29) is 11.7 Å². The Morgan fingerprint density at radius 1 is 1.17 bits per heavy atom. The van der Waals surface area contributed by atoms with Crippen LogP contribution in [-0.4, -0.2) is 55.8 Å². The van der Waals surface area contributed by atoms with E-state index in [1.54, 1.807) is 17.0 Å². The number of hydrogen-bond donors (Lipinski definition) is 1. The standard InChI is InChI=1S/C16H25N3O3S/c1-2-6-15(17)16(20)18-9-11-19(12-10-18)23(21,22)13-14-7-4-3-5-8-14/h3-5,7-8,15H,2,6,9-13,17H2,1H3. The van der Waals surface area contributed by atoms with Gasteiger partial charge in [0, 0.05) is 26.2 Å². The molecule has 0 bridgehead atoms. The third-order valence-corrected chi connectivity index (χ3v) is 5.90. The van der Waals surface area contributed by atoms with Gasteiger partial charge in [0.25, 0.3) is 0 Å². The van der Waals surface area contributed by atoms with Gasteiger partial charge in [-0.25, -0.2) is 8.42 Å². The van der Waals surface area contributed by atoms with Gasteiger partial charge in [-0.3, -0.25) is 4.79 Å². The number of nitrogens with zero attached hydrogens (tertiary/aromatic N) is 2. The Morgan fingerprint density at radius 2 is 1.78 bits per heavy atom. The highest BCUT2D eigenvalue weighted by Gasteiger charge is 2.30. The van der Waals surface area contributed by atoms with Gasteiger partial charge < -0.3 is 10.6 Å². The van der Waals surface area contributed by atoms with E-state index in [9.17, 15) is 13.2 Å². The van der Waals surface area contributed by atoms with Crippen LogP contribution in [0.25, 0.3) is 0 Å². The second-order valence-corrected chi connectivity index (χ2v) is 7.83. The Morgan fingerprint density at radius 3 is 2.35 bits per heavy atom. The zero-order valence-electron chi connectivity index (χ0n) is 13.5. The van der Waals surface area contributed by atoms with Crippen LogP contribution in [0.15, 0.2) is 30.3 Å². The Balaban J connectivity index is 1.92. The fourth-order valence-corrected chi connectivity index (χ4v) is 4.25. The highest BCUT2D eigenvalue weighted by atomic mass is 32.2. The summed E-state index contributed by atoms with van der Waals surface area (Å²) in [5.41, 5.74) is 6.63. The van der Waals surface area contributed by atoms with E-state index in [1.165, 1.54) is 4.31 Å². The summed E-state index contributed by atoms with van der Waals surface area (Å²) in [6.45, 7) is 3.47. The van der Waals surface area contributed by atoms with Crippen molar-refractivity contribution < 1.29 is 13.2 Å². The Labute approximate surface area is 138 Å². The van der Waals surface area contributed by atoms with E-state index in [0.29, 0.717) is 32.6 Å². The van der Waals surface area contributed by atoms with Gasteiger partial charge in [-0.1, -0.05) is 43.7 Å². The molecule has 0 aromatic heterocycles. The first kappa shape index (κ1) is 17.9. The number of carbonyl (C=O) groups excluding carboxylic acids is 1. The van der Waals surface area contributed by atoms with Crippen LogP contribution >= 0.6 is 0 Å². The molecular weight excluding hydrogens is 314 g/mol. The smallest absolute Gasteiger partial charge is 0.239 e. The van der Waals surface area contributed by atoms with E-state index < -0.39 is 16.1 Å². The fraction of sp³-hybridized carbons (Fsp3) is 0.562. The number of sulfonamides is 1. The van der Waals surface area contributed by atoms with Gasteiger partial charge in [-0.2, -0.15) is 4.31 Å². The summed E-state index contributed by atoms with van der Waals surface area (Å²) in [6, 6.07) is 8.66. The minimum atomic E-state index is -3.35. The molecular formula is C16H25N3O3S. The number of benzene rings is 1. The molecule has 6 nitrogen and oxygen atoms in total. The van der Waals surface area contributed by atoms with Gasteiger partial charge in [0.2, 0.25) is 15.9 Å². The predicted octanol–water partition coefficient (Wildman–Crippen LogP) is 0.788. The number of piperazine rings is 1. The third-order valence-electron chi connectivity index (χ3n) is 4.05. The molecule has 1 aliphatic heterocycles. The molecule has 1 heterocycles. The van der Waals surface area contributed by atoms with Crippen molar-refractivity contribution in [1.29, 1.82) is 0 Å². The summed E-state index contributed by atoms with van der Waals surface area (Å²) in [5.74, 6) is -0.0797. The lowest BCUT2D eigenvalue weighted by molar-refractivity contribution is -0.133. The zero-order chi connectivity index (χ0) is 16.9. The number of rotatable bonds is 6. The van der Waals surface area contributed by atoms with Crippen LogP contribution in [0.3, 0.4) is 0 Å². The maximum Gasteiger partial charge on any atom is 0.239 e. The first-order chi connectivity index (χ1) is 10.9. The summed E-state index contributed by atoms with van der Waals surface area (Å²) in [5, 5.41) is 0. The SMILES string of the molecule is CCCC(N)C(=O)N1CCN(S(=O)(=O)Cc2ccccc2)CC1. The van der Waals surface area contributed by atoms with Crippen molar-refractivity contribution in [3.8, 4) is 0 Å². The molecule has 1 aliphatic rings. The maximum atomic E-state index is 12.5. The van der Waals surface area contributed by atoms with E-state index in [4.69, 9.17) is 5.73 Å². The molecule has 1 atom stereocenters. The number of amides is 1. The number of hydrogen-bond acceptors (Lipinski definition) is 4. The normalized spacial score (nSPS) is 17.9. The van der Waals surface area contributed by atoms with Crippen molar-refractivity contribution in [2.24, 2.45) is 5.73 Å². The van der Waals surface area contributed by atoms with Crippen LogP contribution in [0.2, 0.25) is 0 Å². The average molecular weight is 339 g/mol. The number of carbonyl (C=O) groups is 1. The van der Waals surface area contributed by atoms with Crippen molar-refractivity contribution >= 4 is 15.9 Å². The average Bonchev–Trinajstić information content (AvgIpc) is 2.55. The fourth-order valence-electron chi connectivity index (χ4n) is 2.73. The molecule has 1 unspecified atom stereocenters. The van der Waals surface area contributed by atoms with Crippen molar-refractivity contribution in [1.82, 2.24) is 9.21 Å². The molecule has 1 aromatic rings. The van der Waals surface area contributed by atoms with E-state index in [2.05, 4.69) is 0 Å². The zero-order valence-corrected chi connectivity index (χ0v) is 14.3. The molecule has 2 N–H and O–H groups in total. The van der Waals surface area contributed by atoms with Crippen molar-refractivity contribution in [3.63, 3.8) is 0 Å². The number of nitrogens with two attached hydrogens (primary N) is 1. The monoisotopic (exact) mass is 339 g/mol. The lowest BCUT2D eigenvalue weighted by atomic mass is 10.1. The van der Waals surface area contributed by atoms with Gasteiger partial charge in [0.1, 0.15) is 0 Å². The summed E-state index contributed by atoms with van der Waals surface area (Å²) < 4.78 is 26.4. The van der Waals surface area contributed by atoms with Crippen LogP contribution in [0, 0.1) is 0 Å². The Kier molecular flexibility index (Phi) is 6.15. The van der Waals surface area contributed by atoms with E-state index in [0.717, 1.165) is 12.0 Å². The second kappa shape index (κ2) is 7.90. The molecule has 1 aromatic carbocycles. The molecule has 0 spiro atoms. The molecule has 0 saturated carbocycles. The van der Waals surface area contributed by atoms with Gasteiger partial charge in [0.15, 0.2) is 0 Å². The largest absolute Gasteiger partial charge is 0.339 e. The Hall–Kier alpha value is -1.44. The minimum Gasteiger partial charge on any atom is -0.339 e. The molecule has 1 amide bonds. The van der Waals surface area contributed by atoms with Crippen LogP contribution in [-0.2, 0) is 20.6 Å². The van der Waals surface area contributed by atoms with Crippen LogP contribution in [0.1, 0.15) is 25.3 Å². The first-order valence-electron chi connectivity index (χ1n) is 8.00. The lowest BCUT2D eigenvalue weighted by Crippen LogP contribution is -2.54. The highest BCUT2D eigenvalue weighted by molar-refractivity contribution is 7.88. The van der Waals surface area contributed by atoms with Gasteiger partial charge >= 0.3 is 0 Å². The quantitative estimate of drug-likeness (QED) is 0.830. The maximum absolute atomic E-state index is 12.5. The highest BCUT2D eigenvalue weighted by Crippen LogP contribution is 2.14. The predicted molar refractivity (Wildman–Crippen MR) is 90.1 cm³/mol. The van der Waals surface area contributed by atoms with Gasteiger partial charge in [-0.05, 0) is 12.0 Å². The molecule has 23 heavy (non-hydrogen) atoms. The summed E-state index contributed by atoms with van der Waals surface area (Å²) >= 11 is 0. The molecule has 2 rings (SSSR count). The van der Waals surface area contributed by atoms with Crippen LogP contribution in [0.5, 0.6) is 0 Å². The first-order valence-corrected chi connectivity index (χ1v) is 9.61. The van der Waals surface area contributed by atoms with E-state index in [1.807, 2.05) is 25.1 Å². The molecule has 1 saturated heterocycles. The lowest BCUT2D eigenvalue weighted by Gasteiger charge is -2.35. The molecule has 1 fully saturated rings.